The Labute approximate surface area is 152 Å². The van der Waals surface area contributed by atoms with E-state index in [4.69, 9.17) is 14.6 Å². The van der Waals surface area contributed by atoms with E-state index in [9.17, 15) is 18.0 Å². The molecule has 7 heteroatoms. The van der Waals surface area contributed by atoms with Crippen LogP contribution in [0.15, 0.2) is 48.0 Å². The highest BCUT2D eigenvalue weighted by Gasteiger charge is 2.48. The van der Waals surface area contributed by atoms with E-state index in [0.29, 0.717) is 5.56 Å². The number of ether oxygens (including phenoxy) is 2. The van der Waals surface area contributed by atoms with Gasteiger partial charge in [0.05, 0.1) is 18.2 Å². The Morgan fingerprint density at radius 3 is 2.48 bits per heavy atom. The summed E-state index contributed by atoms with van der Waals surface area (Å²) in [5.74, 6) is 4.22. The maximum Gasteiger partial charge on any atom is 0.430 e. The maximum absolute atomic E-state index is 13.1. The highest BCUT2D eigenvalue weighted by molar-refractivity contribution is 5.95. The van der Waals surface area contributed by atoms with Gasteiger partial charge in [-0.15, -0.1) is 0 Å². The highest BCUT2D eigenvalue weighted by atomic mass is 19.4. The standard InChI is InChI=1S/C20H13F3O4/c1-26-16-11-17-14(9-13(16)8-7-12-5-3-2-4-6-12)10-15(19(24)25)18(27-17)20(21,22)23/h2-6,9-11,18H,1H3,(H,24,25). The number of aliphatic carboxylic acids is 1. The van der Waals surface area contributed by atoms with Crippen molar-refractivity contribution in [3.05, 3.63) is 64.7 Å². The van der Waals surface area contributed by atoms with Crippen molar-refractivity contribution in [1.29, 1.82) is 0 Å². The lowest BCUT2D eigenvalue weighted by atomic mass is 9.99. The van der Waals surface area contributed by atoms with Crippen LogP contribution in [0.25, 0.3) is 6.08 Å². The van der Waals surface area contributed by atoms with Crippen molar-refractivity contribution >= 4 is 12.0 Å². The van der Waals surface area contributed by atoms with E-state index in [1.807, 2.05) is 18.2 Å². The van der Waals surface area contributed by atoms with Crippen LogP contribution in [0.5, 0.6) is 11.5 Å². The van der Waals surface area contributed by atoms with E-state index in [1.54, 1.807) is 12.1 Å². The van der Waals surface area contributed by atoms with Crippen LogP contribution in [0.4, 0.5) is 13.2 Å². The number of hydrogen-bond donors (Lipinski definition) is 1. The van der Waals surface area contributed by atoms with Crippen LogP contribution >= 0.6 is 0 Å². The van der Waals surface area contributed by atoms with E-state index in [-0.39, 0.29) is 17.1 Å². The normalized spacial score (nSPS) is 15.6. The molecular weight excluding hydrogens is 361 g/mol. The summed E-state index contributed by atoms with van der Waals surface area (Å²) < 4.78 is 49.5. The van der Waals surface area contributed by atoms with Gasteiger partial charge in [-0.05, 0) is 24.3 Å². The van der Waals surface area contributed by atoms with Crippen molar-refractivity contribution in [1.82, 2.24) is 0 Å². The van der Waals surface area contributed by atoms with Crippen LogP contribution in [-0.4, -0.2) is 30.5 Å². The van der Waals surface area contributed by atoms with Crippen LogP contribution in [0, 0.1) is 11.8 Å². The molecule has 0 fully saturated rings. The molecule has 4 nitrogen and oxygen atoms in total. The number of benzene rings is 2. The summed E-state index contributed by atoms with van der Waals surface area (Å²) in [6.07, 6.45) is -6.46. The topological polar surface area (TPSA) is 55.8 Å². The third-order valence-electron chi connectivity index (χ3n) is 3.83. The van der Waals surface area contributed by atoms with Gasteiger partial charge >= 0.3 is 12.1 Å². The number of halogens is 3. The molecule has 0 aromatic heterocycles. The van der Waals surface area contributed by atoms with E-state index in [1.165, 1.54) is 19.2 Å². The number of carbonyl (C=O) groups is 1. The first-order chi connectivity index (χ1) is 12.8. The summed E-state index contributed by atoms with van der Waals surface area (Å²) >= 11 is 0. The zero-order valence-corrected chi connectivity index (χ0v) is 14.0. The second kappa shape index (κ2) is 7.08. The van der Waals surface area contributed by atoms with Gasteiger partial charge in [-0.3, -0.25) is 0 Å². The zero-order chi connectivity index (χ0) is 19.6. The van der Waals surface area contributed by atoms with Gasteiger partial charge < -0.3 is 14.6 Å². The second-order valence-corrected chi connectivity index (χ2v) is 5.65. The smallest absolute Gasteiger partial charge is 0.430 e. The third kappa shape index (κ3) is 3.90. The second-order valence-electron chi connectivity index (χ2n) is 5.65. The molecule has 0 saturated carbocycles. The summed E-state index contributed by atoms with van der Waals surface area (Å²) in [5, 5.41) is 9.12. The van der Waals surface area contributed by atoms with Crippen LogP contribution in [-0.2, 0) is 4.79 Å². The molecule has 2 aromatic rings. The Balaban J connectivity index is 2.08. The average Bonchev–Trinajstić information content (AvgIpc) is 2.64. The number of fused-ring (bicyclic) bond motifs is 1. The molecule has 0 aliphatic carbocycles. The summed E-state index contributed by atoms with van der Waals surface area (Å²) in [6.45, 7) is 0. The lowest BCUT2D eigenvalue weighted by Gasteiger charge is -2.27. The number of carboxylic acids is 1. The molecule has 1 heterocycles. The lowest BCUT2D eigenvalue weighted by Crippen LogP contribution is -2.40. The van der Waals surface area contributed by atoms with E-state index in [2.05, 4.69) is 11.8 Å². The zero-order valence-electron chi connectivity index (χ0n) is 14.0. The first kappa shape index (κ1) is 18.4. The van der Waals surface area contributed by atoms with Gasteiger partial charge in [0.15, 0.2) is 0 Å². The lowest BCUT2D eigenvalue weighted by molar-refractivity contribution is -0.187. The molecule has 0 bridgehead atoms. The van der Waals surface area contributed by atoms with Crippen LogP contribution < -0.4 is 9.47 Å². The summed E-state index contributed by atoms with van der Waals surface area (Å²) in [7, 11) is 1.36. The van der Waals surface area contributed by atoms with Crippen LogP contribution in [0.1, 0.15) is 16.7 Å². The van der Waals surface area contributed by atoms with Crippen molar-refractivity contribution in [2.24, 2.45) is 0 Å². The SMILES string of the molecule is COc1cc2c(cc1C#Cc1ccccc1)C=C(C(=O)O)C(C(F)(F)F)O2. The summed E-state index contributed by atoms with van der Waals surface area (Å²) in [5.41, 5.74) is 0.441. The third-order valence-corrected chi connectivity index (χ3v) is 3.83. The van der Waals surface area contributed by atoms with Crippen LogP contribution in [0.2, 0.25) is 0 Å². The number of hydrogen-bond acceptors (Lipinski definition) is 3. The average molecular weight is 374 g/mol. The minimum absolute atomic E-state index is 0.121. The molecule has 0 spiro atoms. The molecule has 1 N–H and O–H groups in total. The number of rotatable bonds is 2. The van der Waals surface area contributed by atoms with Gasteiger partial charge in [-0.1, -0.05) is 30.0 Å². The maximum atomic E-state index is 13.1. The van der Waals surface area contributed by atoms with Crippen molar-refractivity contribution in [2.75, 3.05) is 7.11 Å². The predicted octanol–water partition coefficient (Wildman–Crippen LogP) is 3.89. The van der Waals surface area contributed by atoms with E-state index < -0.39 is 23.8 Å². The van der Waals surface area contributed by atoms with Crippen molar-refractivity contribution in [3.63, 3.8) is 0 Å². The molecule has 1 aliphatic heterocycles. The van der Waals surface area contributed by atoms with Gasteiger partial charge in [0.2, 0.25) is 6.10 Å². The Kier molecular flexibility index (Phi) is 4.82. The molecule has 138 valence electrons. The first-order valence-electron chi connectivity index (χ1n) is 7.77. The predicted molar refractivity (Wildman–Crippen MR) is 91.5 cm³/mol. The quantitative estimate of drug-likeness (QED) is 0.811. The summed E-state index contributed by atoms with van der Waals surface area (Å²) in [6, 6.07) is 11.8. The summed E-state index contributed by atoms with van der Waals surface area (Å²) in [4.78, 5) is 11.2. The fourth-order valence-electron chi connectivity index (χ4n) is 2.57. The Hall–Kier alpha value is -3.40. The molecule has 27 heavy (non-hydrogen) atoms. The Morgan fingerprint density at radius 1 is 1.19 bits per heavy atom. The molecule has 1 aliphatic rings. The fourth-order valence-corrected chi connectivity index (χ4v) is 2.57. The van der Waals surface area contributed by atoms with Crippen molar-refractivity contribution in [2.45, 2.75) is 12.3 Å². The molecule has 0 amide bonds. The molecule has 0 saturated heterocycles. The molecule has 1 atom stereocenters. The molecule has 2 aromatic carbocycles. The largest absolute Gasteiger partial charge is 0.495 e. The van der Waals surface area contributed by atoms with Gasteiger partial charge in [-0.25, -0.2) is 4.79 Å². The fraction of sp³-hybridized carbons (Fsp3) is 0.150. The van der Waals surface area contributed by atoms with Gasteiger partial charge in [-0.2, -0.15) is 13.2 Å². The monoisotopic (exact) mass is 374 g/mol. The minimum atomic E-state index is -4.86. The van der Waals surface area contributed by atoms with E-state index in [0.717, 1.165) is 11.6 Å². The van der Waals surface area contributed by atoms with Gasteiger partial charge in [0.25, 0.3) is 0 Å². The Bertz CT molecular complexity index is 966. The highest BCUT2D eigenvalue weighted by Crippen LogP contribution is 2.40. The first-order valence-corrected chi connectivity index (χ1v) is 7.77. The number of methoxy groups -OCH3 is 1. The van der Waals surface area contributed by atoms with Gasteiger partial charge in [0, 0.05) is 17.2 Å². The molecule has 1 unspecified atom stereocenters. The number of carboxylic acid groups (broad SMARTS) is 1. The number of alkyl halides is 3. The van der Waals surface area contributed by atoms with Crippen molar-refractivity contribution in [3.8, 4) is 23.3 Å². The molecule has 0 radical (unpaired) electrons. The minimum Gasteiger partial charge on any atom is -0.495 e. The molecular formula is C20H13F3O4. The van der Waals surface area contributed by atoms with Gasteiger partial charge in [0.1, 0.15) is 11.5 Å². The molecule has 3 rings (SSSR count). The van der Waals surface area contributed by atoms with Crippen molar-refractivity contribution < 1.29 is 32.5 Å². The van der Waals surface area contributed by atoms with Crippen LogP contribution in [0.3, 0.4) is 0 Å². The van der Waals surface area contributed by atoms with E-state index >= 15 is 0 Å². The Morgan fingerprint density at radius 2 is 1.89 bits per heavy atom.